The lowest BCUT2D eigenvalue weighted by molar-refractivity contribution is 0.133. The fraction of sp³-hybridized carbons (Fsp3) is 0.571. The first-order valence-electron chi connectivity index (χ1n) is 6.48. The first kappa shape index (κ1) is 12.2. The highest BCUT2D eigenvalue weighted by Gasteiger charge is 2.17. The molecule has 94 valence electrons. The van der Waals surface area contributed by atoms with Crippen molar-refractivity contribution in [1.82, 2.24) is 4.90 Å². The average molecular weight is 234 g/mol. The largest absolute Gasteiger partial charge is 0.492 e. The van der Waals surface area contributed by atoms with Gasteiger partial charge in [0.25, 0.3) is 0 Å². The Morgan fingerprint density at radius 1 is 1.29 bits per heavy atom. The highest BCUT2D eigenvalue weighted by Crippen LogP contribution is 2.16. The fourth-order valence-electron chi connectivity index (χ4n) is 2.33. The molecule has 1 aromatic carbocycles. The number of ether oxygens (including phenoxy) is 1. The monoisotopic (exact) mass is 234 g/mol. The summed E-state index contributed by atoms with van der Waals surface area (Å²) in [7, 11) is 0. The van der Waals surface area contributed by atoms with E-state index in [4.69, 9.17) is 10.5 Å². The van der Waals surface area contributed by atoms with Crippen LogP contribution in [0.4, 0.5) is 5.69 Å². The molecule has 1 aromatic rings. The predicted molar refractivity (Wildman–Crippen MR) is 71.2 cm³/mol. The number of likely N-dealkylation sites (tertiary alicyclic amines) is 1. The van der Waals surface area contributed by atoms with E-state index in [1.165, 1.54) is 25.8 Å². The second-order valence-corrected chi connectivity index (χ2v) is 4.80. The molecular formula is C14H22N2O. The topological polar surface area (TPSA) is 38.5 Å². The van der Waals surface area contributed by atoms with Crippen LogP contribution in [-0.4, -0.2) is 30.6 Å². The molecule has 1 heterocycles. The van der Waals surface area contributed by atoms with Gasteiger partial charge in [0.1, 0.15) is 12.4 Å². The second kappa shape index (κ2) is 5.92. The summed E-state index contributed by atoms with van der Waals surface area (Å²) in [6.07, 6.45) is 4.02. The molecule has 1 saturated heterocycles. The van der Waals surface area contributed by atoms with Crippen molar-refractivity contribution in [1.29, 1.82) is 0 Å². The normalized spacial score (nSPS) is 21.4. The van der Waals surface area contributed by atoms with Crippen LogP contribution in [0.3, 0.4) is 0 Å². The van der Waals surface area contributed by atoms with Crippen LogP contribution in [0.5, 0.6) is 5.75 Å². The molecule has 1 atom stereocenters. The van der Waals surface area contributed by atoms with Crippen LogP contribution < -0.4 is 10.5 Å². The number of rotatable bonds is 4. The number of piperidine rings is 1. The summed E-state index contributed by atoms with van der Waals surface area (Å²) >= 11 is 0. The van der Waals surface area contributed by atoms with Crippen molar-refractivity contribution >= 4 is 5.69 Å². The number of nitrogens with two attached hydrogens (primary N) is 1. The van der Waals surface area contributed by atoms with Crippen LogP contribution in [0.2, 0.25) is 0 Å². The summed E-state index contributed by atoms with van der Waals surface area (Å²) in [5, 5.41) is 0. The molecule has 1 aliphatic rings. The van der Waals surface area contributed by atoms with Crippen molar-refractivity contribution in [2.45, 2.75) is 32.2 Å². The highest BCUT2D eigenvalue weighted by molar-refractivity contribution is 5.41. The number of anilines is 1. The Labute approximate surface area is 104 Å². The number of nitrogens with zero attached hydrogens (tertiary/aromatic N) is 1. The Bertz CT molecular complexity index is 337. The van der Waals surface area contributed by atoms with Crippen LogP contribution in [0.1, 0.15) is 26.2 Å². The molecule has 1 fully saturated rings. The summed E-state index contributed by atoms with van der Waals surface area (Å²) in [6.45, 7) is 5.30. The summed E-state index contributed by atoms with van der Waals surface area (Å²) in [5.74, 6) is 0.906. The van der Waals surface area contributed by atoms with Gasteiger partial charge in [-0.1, -0.05) is 6.42 Å². The minimum Gasteiger partial charge on any atom is -0.492 e. The first-order chi connectivity index (χ1) is 8.25. The molecule has 0 radical (unpaired) electrons. The Kier molecular flexibility index (Phi) is 4.26. The van der Waals surface area contributed by atoms with E-state index in [9.17, 15) is 0 Å². The maximum absolute atomic E-state index is 5.71. The maximum atomic E-state index is 5.71. The van der Waals surface area contributed by atoms with Gasteiger partial charge in [0.15, 0.2) is 0 Å². The Morgan fingerprint density at radius 2 is 2.06 bits per heavy atom. The van der Waals surface area contributed by atoms with Crippen LogP contribution in [0.25, 0.3) is 0 Å². The van der Waals surface area contributed by atoms with Crippen LogP contribution in [-0.2, 0) is 0 Å². The van der Waals surface area contributed by atoms with Gasteiger partial charge >= 0.3 is 0 Å². The number of hydrogen-bond acceptors (Lipinski definition) is 3. The third kappa shape index (κ3) is 3.63. The predicted octanol–water partition coefficient (Wildman–Crippen LogP) is 2.52. The quantitative estimate of drug-likeness (QED) is 0.814. The van der Waals surface area contributed by atoms with Crippen LogP contribution in [0, 0.1) is 0 Å². The summed E-state index contributed by atoms with van der Waals surface area (Å²) in [5.41, 5.74) is 6.41. The smallest absolute Gasteiger partial charge is 0.119 e. The standard InChI is InChI=1S/C14H22N2O/c1-12-4-2-3-9-16(12)10-11-17-14-7-5-13(15)6-8-14/h5-8,12H,2-4,9-11,15H2,1H3. The van der Waals surface area contributed by atoms with Gasteiger partial charge in [0.05, 0.1) is 0 Å². The Balaban J connectivity index is 1.73. The van der Waals surface area contributed by atoms with Crippen molar-refractivity contribution in [2.24, 2.45) is 0 Å². The zero-order valence-corrected chi connectivity index (χ0v) is 10.6. The lowest BCUT2D eigenvalue weighted by Crippen LogP contribution is -2.39. The maximum Gasteiger partial charge on any atom is 0.119 e. The molecule has 3 nitrogen and oxygen atoms in total. The molecule has 0 saturated carbocycles. The van der Waals surface area contributed by atoms with Gasteiger partial charge < -0.3 is 10.5 Å². The number of benzene rings is 1. The molecule has 1 unspecified atom stereocenters. The first-order valence-corrected chi connectivity index (χ1v) is 6.48. The number of hydrogen-bond donors (Lipinski definition) is 1. The van der Waals surface area contributed by atoms with E-state index in [1.807, 2.05) is 24.3 Å². The van der Waals surface area contributed by atoms with Crippen LogP contribution >= 0.6 is 0 Å². The molecule has 0 aliphatic carbocycles. The molecular weight excluding hydrogens is 212 g/mol. The summed E-state index contributed by atoms with van der Waals surface area (Å²) in [4.78, 5) is 2.51. The third-order valence-electron chi connectivity index (χ3n) is 3.47. The minimum atomic E-state index is 0.707. The molecule has 0 spiro atoms. The zero-order chi connectivity index (χ0) is 12.1. The summed E-state index contributed by atoms with van der Waals surface area (Å²) < 4.78 is 5.71. The molecule has 0 amide bonds. The molecule has 1 aliphatic heterocycles. The van der Waals surface area contributed by atoms with E-state index < -0.39 is 0 Å². The lowest BCUT2D eigenvalue weighted by atomic mass is 10.0. The Hall–Kier alpha value is -1.22. The van der Waals surface area contributed by atoms with E-state index in [-0.39, 0.29) is 0 Å². The molecule has 3 heteroatoms. The number of nitrogen functional groups attached to an aromatic ring is 1. The van der Waals surface area contributed by atoms with Crippen molar-refractivity contribution in [3.05, 3.63) is 24.3 Å². The van der Waals surface area contributed by atoms with Crippen molar-refractivity contribution in [3.63, 3.8) is 0 Å². The molecule has 2 rings (SSSR count). The fourth-order valence-corrected chi connectivity index (χ4v) is 2.33. The lowest BCUT2D eigenvalue weighted by Gasteiger charge is -2.33. The van der Waals surface area contributed by atoms with Crippen molar-refractivity contribution in [2.75, 3.05) is 25.4 Å². The van der Waals surface area contributed by atoms with Crippen LogP contribution in [0.15, 0.2) is 24.3 Å². The van der Waals surface area contributed by atoms with Gasteiger partial charge in [0, 0.05) is 18.3 Å². The van der Waals surface area contributed by atoms with E-state index in [1.54, 1.807) is 0 Å². The van der Waals surface area contributed by atoms with Crippen molar-refractivity contribution < 1.29 is 4.74 Å². The van der Waals surface area contributed by atoms with Crippen molar-refractivity contribution in [3.8, 4) is 5.75 Å². The van der Waals surface area contributed by atoms with E-state index >= 15 is 0 Å². The highest BCUT2D eigenvalue weighted by atomic mass is 16.5. The second-order valence-electron chi connectivity index (χ2n) is 4.80. The minimum absolute atomic E-state index is 0.707. The van der Waals surface area contributed by atoms with E-state index in [0.29, 0.717) is 6.04 Å². The Morgan fingerprint density at radius 3 is 2.76 bits per heavy atom. The van der Waals surface area contributed by atoms with E-state index in [2.05, 4.69) is 11.8 Å². The van der Waals surface area contributed by atoms with Gasteiger partial charge in [-0.3, -0.25) is 4.90 Å². The molecule has 2 N–H and O–H groups in total. The van der Waals surface area contributed by atoms with Gasteiger partial charge in [-0.2, -0.15) is 0 Å². The zero-order valence-electron chi connectivity index (χ0n) is 10.6. The summed E-state index contributed by atoms with van der Waals surface area (Å²) in [6, 6.07) is 8.31. The van der Waals surface area contributed by atoms with E-state index in [0.717, 1.165) is 24.6 Å². The molecule has 17 heavy (non-hydrogen) atoms. The molecule has 0 aromatic heterocycles. The third-order valence-corrected chi connectivity index (χ3v) is 3.47. The SMILES string of the molecule is CC1CCCCN1CCOc1ccc(N)cc1. The van der Waals surface area contributed by atoms with Gasteiger partial charge in [-0.25, -0.2) is 0 Å². The molecule has 0 bridgehead atoms. The van der Waals surface area contributed by atoms with Gasteiger partial charge in [-0.15, -0.1) is 0 Å². The average Bonchev–Trinajstić information content (AvgIpc) is 2.34. The van der Waals surface area contributed by atoms with Gasteiger partial charge in [-0.05, 0) is 50.6 Å². The van der Waals surface area contributed by atoms with Gasteiger partial charge in [0.2, 0.25) is 0 Å².